The van der Waals surface area contributed by atoms with E-state index in [2.05, 4.69) is 26.1 Å². The van der Waals surface area contributed by atoms with Crippen molar-refractivity contribution in [3.05, 3.63) is 29.8 Å². The lowest BCUT2D eigenvalue weighted by molar-refractivity contribution is -0.127. The number of benzene rings is 1. The normalized spacial score (nSPS) is 11.2. The quantitative estimate of drug-likeness (QED) is 0.884. The summed E-state index contributed by atoms with van der Waals surface area (Å²) < 4.78 is 0. The maximum atomic E-state index is 11.6. The number of carbonyl (C=O) groups is 1. The van der Waals surface area contributed by atoms with E-state index in [0.29, 0.717) is 11.8 Å². The molecule has 0 fully saturated rings. The zero-order valence-electron chi connectivity index (χ0n) is 12.8. The van der Waals surface area contributed by atoms with Gasteiger partial charge in [0.1, 0.15) is 0 Å². The lowest BCUT2D eigenvalue weighted by Crippen LogP contribution is -2.23. The molecule has 1 amide bonds. The monoisotopic (exact) mass is 262 g/mol. The summed E-state index contributed by atoms with van der Waals surface area (Å²) in [5, 5.41) is 3.41. The Morgan fingerprint density at radius 2 is 1.74 bits per heavy atom. The predicted octanol–water partition coefficient (Wildman–Crippen LogP) is 3.17. The van der Waals surface area contributed by atoms with E-state index in [1.54, 1.807) is 19.0 Å². The molecular weight excluding hydrogens is 236 g/mol. The minimum Gasteiger partial charge on any atom is -0.385 e. The van der Waals surface area contributed by atoms with Gasteiger partial charge in [0.15, 0.2) is 0 Å². The van der Waals surface area contributed by atoms with E-state index in [4.69, 9.17) is 0 Å². The van der Waals surface area contributed by atoms with Gasteiger partial charge in [-0.2, -0.15) is 0 Å². The first-order valence-corrected chi connectivity index (χ1v) is 6.81. The van der Waals surface area contributed by atoms with Crippen molar-refractivity contribution in [2.75, 3.05) is 26.0 Å². The molecule has 0 aliphatic rings. The zero-order valence-corrected chi connectivity index (χ0v) is 12.8. The molecule has 0 unspecified atom stereocenters. The summed E-state index contributed by atoms with van der Waals surface area (Å²) in [6.45, 7) is 7.69. The van der Waals surface area contributed by atoms with Crippen LogP contribution in [0.4, 0.5) is 5.69 Å². The molecular formula is C16H26N2O. The van der Waals surface area contributed by atoms with E-state index in [-0.39, 0.29) is 5.91 Å². The van der Waals surface area contributed by atoms with Gasteiger partial charge in [-0.25, -0.2) is 0 Å². The lowest BCUT2D eigenvalue weighted by atomic mass is 9.92. The molecule has 106 valence electrons. The van der Waals surface area contributed by atoms with Crippen LogP contribution in [0.3, 0.4) is 0 Å². The first kappa shape index (κ1) is 15.5. The van der Waals surface area contributed by atoms with E-state index < -0.39 is 0 Å². The van der Waals surface area contributed by atoms with E-state index in [1.807, 2.05) is 24.3 Å². The Labute approximate surface area is 117 Å². The first-order chi connectivity index (χ1) is 8.78. The van der Waals surface area contributed by atoms with Crippen LogP contribution in [0, 0.1) is 5.41 Å². The molecule has 0 saturated heterocycles. The Morgan fingerprint density at radius 3 is 2.21 bits per heavy atom. The molecule has 0 radical (unpaired) electrons. The van der Waals surface area contributed by atoms with Gasteiger partial charge in [-0.05, 0) is 29.5 Å². The number of amides is 1. The zero-order chi connectivity index (χ0) is 14.5. The van der Waals surface area contributed by atoms with Gasteiger partial charge in [0.2, 0.25) is 5.91 Å². The molecule has 0 saturated carbocycles. The molecule has 0 atom stereocenters. The van der Waals surface area contributed by atoms with Crippen LogP contribution < -0.4 is 5.32 Å². The van der Waals surface area contributed by atoms with Crippen molar-refractivity contribution in [2.24, 2.45) is 5.41 Å². The molecule has 0 aliphatic carbocycles. The second-order valence-electron chi connectivity index (χ2n) is 6.40. The first-order valence-electron chi connectivity index (χ1n) is 6.81. The average molecular weight is 262 g/mol. The highest BCUT2D eigenvalue weighted by Gasteiger charge is 2.09. The SMILES string of the molecule is CN(C)C(=O)Cc1ccc(NCCC(C)(C)C)cc1. The van der Waals surface area contributed by atoms with E-state index in [1.165, 1.54) is 0 Å². The van der Waals surface area contributed by atoms with Crippen LogP contribution in [0.15, 0.2) is 24.3 Å². The third-order valence-corrected chi connectivity index (χ3v) is 3.01. The van der Waals surface area contributed by atoms with E-state index in [9.17, 15) is 4.79 Å². The highest BCUT2D eigenvalue weighted by molar-refractivity contribution is 5.78. The molecule has 0 bridgehead atoms. The van der Waals surface area contributed by atoms with Gasteiger partial charge in [0.05, 0.1) is 6.42 Å². The molecule has 1 aromatic carbocycles. The van der Waals surface area contributed by atoms with Crippen molar-refractivity contribution < 1.29 is 4.79 Å². The van der Waals surface area contributed by atoms with Crippen molar-refractivity contribution in [1.82, 2.24) is 4.90 Å². The minimum atomic E-state index is 0.133. The van der Waals surface area contributed by atoms with Crippen LogP contribution in [0.2, 0.25) is 0 Å². The molecule has 0 spiro atoms. The van der Waals surface area contributed by atoms with E-state index >= 15 is 0 Å². The van der Waals surface area contributed by atoms with Crippen molar-refractivity contribution in [1.29, 1.82) is 0 Å². The van der Waals surface area contributed by atoms with Crippen LogP contribution in [-0.4, -0.2) is 31.4 Å². The second kappa shape index (κ2) is 6.60. The van der Waals surface area contributed by atoms with Crippen LogP contribution in [0.25, 0.3) is 0 Å². The van der Waals surface area contributed by atoms with Crippen molar-refractivity contribution in [3.8, 4) is 0 Å². The van der Waals surface area contributed by atoms with Gasteiger partial charge in [-0.15, -0.1) is 0 Å². The predicted molar refractivity (Wildman–Crippen MR) is 81.4 cm³/mol. The molecule has 1 rings (SSSR count). The number of nitrogens with one attached hydrogen (secondary N) is 1. The fourth-order valence-electron chi connectivity index (χ4n) is 1.66. The number of likely N-dealkylation sites (N-methyl/N-ethyl adjacent to an activating group) is 1. The number of hydrogen-bond donors (Lipinski definition) is 1. The molecule has 19 heavy (non-hydrogen) atoms. The third-order valence-electron chi connectivity index (χ3n) is 3.01. The van der Waals surface area contributed by atoms with Crippen LogP contribution in [0.5, 0.6) is 0 Å². The molecule has 0 aliphatic heterocycles. The lowest BCUT2D eigenvalue weighted by Gasteiger charge is -2.18. The van der Waals surface area contributed by atoms with Crippen molar-refractivity contribution in [2.45, 2.75) is 33.6 Å². The summed E-state index contributed by atoms with van der Waals surface area (Å²) in [6.07, 6.45) is 1.60. The summed E-state index contributed by atoms with van der Waals surface area (Å²) in [5.74, 6) is 0.133. The smallest absolute Gasteiger partial charge is 0.226 e. The van der Waals surface area contributed by atoms with Gasteiger partial charge in [-0.3, -0.25) is 4.79 Å². The Morgan fingerprint density at radius 1 is 1.16 bits per heavy atom. The summed E-state index contributed by atoms with van der Waals surface area (Å²) in [6, 6.07) is 8.11. The van der Waals surface area contributed by atoms with Gasteiger partial charge in [-0.1, -0.05) is 32.9 Å². The number of rotatable bonds is 5. The topological polar surface area (TPSA) is 32.3 Å². The largest absolute Gasteiger partial charge is 0.385 e. The third kappa shape index (κ3) is 6.27. The number of hydrogen-bond acceptors (Lipinski definition) is 2. The van der Waals surface area contributed by atoms with Gasteiger partial charge in [0.25, 0.3) is 0 Å². The van der Waals surface area contributed by atoms with Crippen LogP contribution >= 0.6 is 0 Å². The summed E-state index contributed by atoms with van der Waals surface area (Å²) in [4.78, 5) is 13.2. The van der Waals surface area contributed by atoms with Gasteiger partial charge >= 0.3 is 0 Å². The molecule has 1 aromatic rings. The van der Waals surface area contributed by atoms with Gasteiger partial charge < -0.3 is 10.2 Å². The highest BCUT2D eigenvalue weighted by Crippen LogP contribution is 2.18. The molecule has 0 heterocycles. The summed E-state index contributed by atoms with van der Waals surface area (Å²) in [7, 11) is 3.56. The van der Waals surface area contributed by atoms with Crippen molar-refractivity contribution >= 4 is 11.6 Å². The summed E-state index contributed by atoms with van der Waals surface area (Å²) in [5.41, 5.74) is 2.52. The van der Waals surface area contributed by atoms with Crippen molar-refractivity contribution in [3.63, 3.8) is 0 Å². The molecule has 3 heteroatoms. The summed E-state index contributed by atoms with van der Waals surface area (Å²) >= 11 is 0. The minimum absolute atomic E-state index is 0.133. The highest BCUT2D eigenvalue weighted by atomic mass is 16.2. The molecule has 0 aromatic heterocycles. The fourth-order valence-corrected chi connectivity index (χ4v) is 1.66. The Hall–Kier alpha value is -1.51. The van der Waals surface area contributed by atoms with E-state index in [0.717, 1.165) is 24.2 Å². The molecule has 3 nitrogen and oxygen atoms in total. The van der Waals surface area contributed by atoms with Gasteiger partial charge in [0, 0.05) is 26.3 Å². The Kier molecular flexibility index (Phi) is 5.40. The standard InChI is InChI=1S/C16H26N2O/c1-16(2,3)10-11-17-14-8-6-13(7-9-14)12-15(19)18(4)5/h6-9,17H,10-12H2,1-5H3. The fraction of sp³-hybridized carbons (Fsp3) is 0.562. The Bertz CT molecular complexity index is 402. The number of carbonyl (C=O) groups excluding carboxylic acids is 1. The maximum Gasteiger partial charge on any atom is 0.226 e. The number of anilines is 1. The van der Waals surface area contributed by atoms with Crippen LogP contribution in [0.1, 0.15) is 32.8 Å². The van der Waals surface area contributed by atoms with Crippen LogP contribution in [-0.2, 0) is 11.2 Å². The Balaban J connectivity index is 2.46. The maximum absolute atomic E-state index is 11.6. The molecule has 1 N–H and O–H groups in total. The number of nitrogens with zero attached hydrogens (tertiary/aromatic N) is 1. The average Bonchev–Trinajstić information content (AvgIpc) is 2.29. The second-order valence-corrected chi connectivity index (χ2v) is 6.40.